The van der Waals surface area contributed by atoms with Crippen LogP contribution in [0.5, 0.6) is 5.75 Å². The number of methoxy groups -OCH3 is 1. The Morgan fingerprint density at radius 3 is 2.81 bits per heavy atom. The molecule has 0 spiro atoms. The predicted molar refractivity (Wildman–Crippen MR) is 86.6 cm³/mol. The van der Waals surface area contributed by atoms with Gasteiger partial charge in [-0.1, -0.05) is 23.2 Å². The third-order valence-corrected chi connectivity index (χ3v) is 3.45. The van der Waals surface area contributed by atoms with Gasteiger partial charge in [0.15, 0.2) is 0 Å². The van der Waals surface area contributed by atoms with Gasteiger partial charge in [-0.3, -0.25) is 0 Å². The summed E-state index contributed by atoms with van der Waals surface area (Å²) in [5.41, 5.74) is 0. The molecule has 1 aromatic rings. The average molecular weight is 336 g/mol. The quantitative estimate of drug-likeness (QED) is 0.610. The minimum absolute atomic E-state index is 0.177. The Kier molecular flexibility index (Phi) is 9.79. The van der Waals surface area contributed by atoms with Crippen molar-refractivity contribution in [3.8, 4) is 5.75 Å². The lowest BCUT2D eigenvalue weighted by atomic mass is 10.2. The summed E-state index contributed by atoms with van der Waals surface area (Å²) >= 11 is 11.8. The third kappa shape index (κ3) is 8.49. The second-order valence-electron chi connectivity index (χ2n) is 4.80. The molecule has 0 aliphatic carbocycles. The van der Waals surface area contributed by atoms with Crippen LogP contribution in [-0.2, 0) is 4.74 Å². The van der Waals surface area contributed by atoms with Crippen molar-refractivity contribution in [2.24, 2.45) is 0 Å². The van der Waals surface area contributed by atoms with Crippen molar-refractivity contribution in [3.05, 3.63) is 28.2 Å². The maximum atomic E-state index is 9.83. The molecule has 0 amide bonds. The molecule has 21 heavy (non-hydrogen) atoms. The van der Waals surface area contributed by atoms with Gasteiger partial charge in [0.05, 0.1) is 5.02 Å². The summed E-state index contributed by atoms with van der Waals surface area (Å²) in [5.74, 6) is 0.489. The fourth-order valence-corrected chi connectivity index (χ4v) is 2.11. The van der Waals surface area contributed by atoms with Gasteiger partial charge in [-0.25, -0.2) is 0 Å². The molecule has 0 saturated heterocycles. The second kappa shape index (κ2) is 11.1. The third-order valence-electron chi connectivity index (χ3n) is 2.91. The molecule has 1 unspecified atom stereocenters. The van der Waals surface area contributed by atoms with E-state index in [0.29, 0.717) is 22.3 Å². The van der Waals surface area contributed by atoms with Crippen molar-refractivity contribution in [3.63, 3.8) is 0 Å². The molecule has 0 aliphatic rings. The van der Waals surface area contributed by atoms with Gasteiger partial charge < -0.3 is 19.9 Å². The van der Waals surface area contributed by atoms with Crippen molar-refractivity contribution in [1.82, 2.24) is 5.32 Å². The number of ether oxygens (including phenoxy) is 2. The molecule has 0 aliphatic heterocycles. The van der Waals surface area contributed by atoms with Crippen LogP contribution in [0.4, 0.5) is 0 Å². The minimum atomic E-state index is -0.584. The van der Waals surface area contributed by atoms with Gasteiger partial charge >= 0.3 is 0 Å². The number of hydrogen-bond acceptors (Lipinski definition) is 4. The van der Waals surface area contributed by atoms with E-state index in [2.05, 4.69) is 5.32 Å². The van der Waals surface area contributed by atoms with E-state index >= 15 is 0 Å². The van der Waals surface area contributed by atoms with E-state index in [-0.39, 0.29) is 6.61 Å². The van der Waals surface area contributed by atoms with Crippen LogP contribution in [-0.4, -0.2) is 44.6 Å². The van der Waals surface area contributed by atoms with Crippen LogP contribution in [0, 0.1) is 0 Å². The van der Waals surface area contributed by atoms with E-state index in [1.807, 2.05) is 0 Å². The van der Waals surface area contributed by atoms with Gasteiger partial charge in [-0.2, -0.15) is 0 Å². The Morgan fingerprint density at radius 1 is 1.24 bits per heavy atom. The van der Waals surface area contributed by atoms with Crippen LogP contribution in [0.25, 0.3) is 0 Å². The maximum Gasteiger partial charge on any atom is 0.139 e. The van der Waals surface area contributed by atoms with Crippen molar-refractivity contribution in [2.45, 2.75) is 25.4 Å². The smallest absolute Gasteiger partial charge is 0.139 e. The number of aliphatic hydroxyl groups excluding tert-OH is 1. The summed E-state index contributed by atoms with van der Waals surface area (Å²) in [6.07, 6.45) is 2.67. The maximum absolute atomic E-state index is 9.83. The Hall–Kier alpha value is -0.520. The first-order valence-corrected chi connectivity index (χ1v) is 7.84. The van der Waals surface area contributed by atoms with E-state index in [1.54, 1.807) is 25.3 Å². The summed E-state index contributed by atoms with van der Waals surface area (Å²) in [7, 11) is 1.71. The Morgan fingerprint density at radius 2 is 2.05 bits per heavy atom. The molecule has 0 bridgehead atoms. The number of nitrogens with one attached hydrogen (secondary N) is 1. The molecule has 4 nitrogen and oxygen atoms in total. The Labute approximate surface area is 136 Å². The van der Waals surface area contributed by atoms with Gasteiger partial charge in [0.25, 0.3) is 0 Å². The van der Waals surface area contributed by atoms with E-state index in [9.17, 15) is 5.11 Å². The van der Waals surface area contributed by atoms with Gasteiger partial charge in [0.2, 0.25) is 0 Å². The topological polar surface area (TPSA) is 50.7 Å². The summed E-state index contributed by atoms with van der Waals surface area (Å²) in [4.78, 5) is 0. The van der Waals surface area contributed by atoms with Gasteiger partial charge in [0.1, 0.15) is 18.5 Å². The van der Waals surface area contributed by atoms with Crippen molar-refractivity contribution >= 4 is 23.2 Å². The summed E-state index contributed by atoms with van der Waals surface area (Å²) in [5, 5.41) is 14.1. The molecule has 1 aromatic carbocycles. The molecule has 0 fully saturated rings. The highest BCUT2D eigenvalue weighted by atomic mass is 35.5. The highest BCUT2D eigenvalue weighted by Crippen LogP contribution is 2.27. The van der Waals surface area contributed by atoms with Crippen molar-refractivity contribution in [2.75, 3.05) is 33.4 Å². The fourth-order valence-electron chi connectivity index (χ4n) is 1.77. The molecule has 1 atom stereocenters. The Bertz CT molecular complexity index is 405. The standard InChI is InChI=1S/C15H23Cl2NO3/c1-20-8-4-2-3-7-18-10-13(19)11-21-15-9-12(16)5-6-14(15)17/h5-6,9,13,18-19H,2-4,7-8,10-11H2,1H3. The van der Waals surface area contributed by atoms with E-state index in [0.717, 1.165) is 32.4 Å². The zero-order valence-electron chi connectivity index (χ0n) is 12.3. The lowest BCUT2D eigenvalue weighted by Crippen LogP contribution is -2.32. The zero-order chi connectivity index (χ0) is 15.5. The molecule has 120 valence electrons. The molecule has 6 heteroatoms. The van der Waals surface area contributed by atoms with Crippen molar-refractivity contribution in [1.29, 1.82) is 0 Å². The molecule has 1 rings (SSSR count). The molecule has 2 N–H and O–H groups in total. The van der Waals surface area contributed by atoms with Crippen LogP contribution in [0.3, 0.4) is 0 Å². The number of unbranched alkanes of at least 4 members (excludes halogenated alkanes) is 2. The fraction of sp³-hybridized carbons (Fsp3) is 0.600. The lowest BCUT2D eigenvalue weighted by Gasteiger charge is -2.14. The van der Waals surface area contributed by atoms with Crippen LogP contribution in [0.15, 0.2) is 18.2 Å². The van der Waals surface area contributed by atoms with Gasteiger partial charge in [0, 0.05) is 31.4 Å². The average Bonchev–Trinajstić information content (AvgIpc) is 2.47. The van der Waals surface area contributed by atoms with Crippen molar-refractivity contribution < 1.29 is 14.6 Å². The normalized spacial score (nSPS) is 12.4. The van der Waals surface area contributed by atoms with Crippen LogP contribution >= 0.6 is 23.2 Å². The summed E-state index contributed by atoms with van der Waals surface area (Å²) < 4.78 is 10.4. The first-order valence-electron chi connectivity index (χ1n) is 7.09. The Balaban J connectivity index is 2.11. The SMILES string of the molecule is COCCCCCNCC(O)COc1cc(Cl)ccc1Cl. The largest absolute Gasteiger partial charge is 0.489 e. The number of rotatable bonds is 11. The highest BCUT2D eigenvalue weighted by Gasteiger charge is 2.07. The van der Waals surface area contributed by atoms with Gasteiger partial charge in [-0.15, -0.1) is 0 Å². The summed E-state index contributed by atoms with van der Waals surface area (Å²) in [6, 6.07) is 5.00. The lowest BCUT2D eigenvalue weighted by molar-refractivity contribution is 0.106. The summed E-state index contributed by atoms with van der Waals surface area (Å²) in [6.45, 7) is 2.34. The van der Waals surface area contributed by atoms with E-state index < -0.39 is 6.10 Å². The van der Waals surface area contributed by atoms with Gasteiger partial charge in [-0.05, 0) is 37.9 Å². The highest BCUT2D eigenvalue weighted by molar-refractivity contribution is 6.34. The number of benzene rings is 1. The molecular formula is C15H23Cl2NO3. The first kappa shape index (κ1) is 18.5. The molecule has 0 aromatic heterocycles. The molecule has 0 heterocycles. The number of hydrogen-bond donors (Lipinski definition) is 2. The van der Waals surface area contributed by atoms with Crippen LogP contribution in [0.1, 0.15) is 19.3 Å². The number of halogens is 2. The molecular weight excluding hydrogens is 313 g/mol. The first-order chi connectivity index (χ1) is 10.1. The minimum Gasteiger partial charge on any atom is -0.489 e. The van der Waals surface area contributed by atoms with Crippen LogP contribution < -0.4 is 10.1 Å². The van der Waals surface area contributed by atoms with Crippen LogP contribution in [0.2, 0.25) is 10.0 Å². The van der Waals surface area contributed by atoms with E-state index in [1.165, 1.54) is 0 Å². The van der Waals surface area contributed by atoms with E-state index in [4.69, 9.17) is 32.7 Å². The zero-order valence-corrected chi connectivity index (χ0v) is 13.8. The molecule has 0 saturated carbocycles. The number of aliphatic hydroxyl groups is 1. The molecule has 0 radical (unpaired) electrons. The monoisotopic (exact) mass is 335 g/mol. The predicted octanol–water partition coefficient (Wildman–Crippen LogP) is 3.14. The second-order valence-corrected chi connectivity index (χ2v) is 5.64.